The topological polar surface area (TPSA) is 136 Å². The molecule has 0 amide bonds. The Bertz CT molecular complexity index is 1840. The number of fused-ring (bicyclic) bond motifs is 1. The normalized spacial score (nSPS) is 16.1. The third-order valence-corrected chi connectivity index (χ3v) is 7.91. The lowest BCUT2D eigenvalue weighted by atomic mass is 9.69. The molecule has 2 aliphatic rings. The first-order valence-corrected chi connectivity index (χ1v) is 14.0. The number of rotatable bonds is 9. The lowest BCUT2D eigenvalue weighted by Gasteiger charge is -2.34. The first kappa shape index (κ1) is 27.6. The summed E-state index contributed by atoms with van der Waals surface area (Å²) in [5.41, 5.74) is 10.2. The number of nitriles is 3. The summed E-state index contributed by atoms with van der Waals surface area (Å²) < 4.78 is 14.0. The standard InChI is InChI=1S/C32H27BFN9/c33-32(23-6-8-24(34)9-7-23,29-19-43(42-41-29)26-10-11-26)40-25-14-21(16-36)30-27(15-25)31(22(17-37)18-38-30)39-28(12-13-35)20-4-2-1-3-5-20/h1-9,14-15,18-19,26,28,40-42H,10-12,33H2,(H,38,39)/t28-,32?/m1/s1. The van der Waals surface area contributed by atoms with E-state index in [-0.39, 0.29) is 17.8 Å². The van der Waals surface area contributed by atoms with Crippen molar-refractivity contribution in [3.05, 3.63) is 113 Å². The van der Waals surface area contributed by atoms with Gasteiger partial charge in [-0.2, -0.15) is 15.8 Å². The molecule has 2 atom stereocenters. The molecule has 1 aliphatic carbocycles. The van der Waals surface area contributed by atoms with Crippen LogP contribution in [0.15, 0.2) is 84.8 Å². The maximum Gasteiger partial charge on any atom is 0.148 e. The van der Waals surface area contributed by atoms with E-state index in [0.717, 1.165) is 29.7 Å². The molecule has 0 saturated heterocycles. The molecule has 3 aromatic carbocycles. The van der Waals surface area contributed by atoms with Crippen molar-refractivity contribution < 1.29 is 4.39 Å². The first-order chi connectivity index (χ1) is 20.9. The van der Waals surface area contributed by atoms with Gasteiger partial charge in [0, 0.05) is 29.5 Å². The van der Waals surface area contributed by atoms with Crippen molar-refractivity contribution in [2.24, 2.45) is 0 Å². The summed E-state index contributed by atoms with van der Waals surface area (Å²) in [4.78, 5) is 4.47. The Hall–Kier alpha value is -5.57. The molecule has 11 heteroatoms. The van der Waals surface area contributed by atoms with Gasteiger partial charge in [0.25, 0.3) is 0 Å². The van der Waals surface area contributed by atoms with E-state index < -0.39 is 11.5 Å². The number of nitrogens with one attached hydrogen (secondary N) is 4. The highest BCUT2D eigenvalue weighted by Crippen LogP contribution is 2.38. The Morgan fingerprint density at radius 1 is 1.05 bits per heavy atom. The van der Waals surface area contributed by atoms with E-state index in [1.807, 2.05) is 55.5 Å². The summed E-state index contributed by atoms with van der Waals surface area (Å²) in [5.74, 6) is -0.342. The average molecular weight is 567 g/mol. The van der Waals surface area contributed by atoms with Crippen molar-refractivity contribution in [1.82, 2.24) is 21.0 Å². The summed E-state index contributed by atoms with van der Waals surface area (Å²) in [6.45, 7) is 0. The Balaban J connectivity index is 1.47. The molecule has 210 valence electrons. The molecule has 1 fully saturated rings. The maximum atomic E-state index is 14.0. The second kappa shape index (κ2) is 11.4. The van der Waals surface area contributed by atoms with E-state index in [1.54, 1.807) is 18.2 Å². The van der Waals surface area contributed by atoms with Gasteiger partial charge < -0.3 is 16.1 Å². The molecule has 0 radical (unpaired) electrons. The van der Waals surface area contributed by atoms with Crippen LogP contribution < -0.4 is 21.6 Å². The molecule has 1 aromatic heterocycles. The molecule has 6 rings (SSSR count). The minimum absolute atomic E-state index is 0.161. The predicted octanol–water partition coefficient (Wildman–Crippen LogP) is 4.41. The number of halogens is 1. The fourth-order valence-corrected chi connectivity index (χ4v) is 5.40. The van der Waals surface area contributed by atoms with Gasteiger partial charge in [-0.05, 0) is 48.2 Å². The SMILES string of the molecule is BC(Nc1cc(C#N)c2ncc(C#N)c(N[C@H](CC#N)c3ccccc3)c2c1)(C1=CN(C2CC2)NN1)c1ccc(F)cc1. The lowest BCUT2D eigenvalue weighted by molar-refractivity contribution is 0.260. The summed E-state index contributed by atoms with van der Waals surface area (Å²) in [5, 5.41) is 39.4. The van der Waals surface area contributed by atoms with E-state index in [4.69, 9.17) is 0 Å². The number of nitrogens with zero attached hydrogens (tertiary/aromatic N) is 5. The number of hydrogen-bond acceptors (Lipinski definition) is 9. The minimum atomic E-state index is -0.869. The van der Waals surface area contributed by atoms with Crippen LogP contribution in [0.25, 0.3) is 10.9 Å². The number of benzene rings is 3. The van der Waals surface area contributed by atoms with Crippen LogP contribution >= 0.6 is 0 Å². The Morgan fingerprint density at radius 3 is 2.47 bits per heavy atom. The fraction of sp³-hybridized carbons (Fsp3) is 0.188. The smallest absolute Gasteiger partial charge is 0.148 e. The molecule has 0 bridgehead atoms. The highest BCUT2D eigenvalue weighted by atomic mass is 19.1. The van der Waals surface area contributed by atoms with Gasteiger partial charge in [0.1, 0.15) is 25.8 Å². The quantitative estimate of drug-likeness (QED) is 0.217. The number of aromatic nitrogens is 1. The largest absolute Gasteiger partial charge is 0.378 e. The van der Waals surface area contributed by atoms with Crippen LogP contribution in [0, 0.1) is 39.8 Å². The Labute approximate surface area is 249 Å². The maximum absolute atomic E-state index is 14.0. The number of pyridine rings is 1. The summed E-state index contributed by atoms with van der Waals surface area (Å²) in [7, 11) is 1.98. The third-order valence-electron chi connectivity index (χ3n) is 7.91. The highest BCUT2D eigenvalue weighted by molar-refractivity contribution is 6.19. The van der Waals surface area contributed by atoms with Crippen LogP contribution in [-0.2, 0) is 5.44 Å². The zero-order valence-electron chi connectivity index (χ0n) is 23.4. The van der Waals surface area contributed by atoms with E-state index in [1.165, 1.54) is 18.3 Å². The summed E-state index contributed by atoms with van der Waals surface area (Å²) in [6.07, 6.45) is 5.80. The van der Waals surface area contributed by atoms with Gasteiger partial charge in [-0.1, -0.05) is 42.5 Å². The van der Waals surface area contributed by atoms with Gasteiger partial charge in [-0.3, -0.25) is 9.99 Å². The first-order valence-electron chi connectivity index (χ1n) is 14.0. The zero-order valence-corrected chi connectivity index (χ0v) is 23.4. The molecule has 2 heterocycles. The van der Waals surface area contributed by atoms with Crippen molar-refractivity contribution >= 4 is 30.1 Å². The molecule has 0 spiro atoms. The van der Waals surface area contributed by atoms with Crippen molar-refractivity contribution in [3.63, 3.8) is 0 Å². The van der Waals surface area contributed by atoms with Crippen LogP contribution in [0.1, 0.15) is 47.6 Å². The second-order valence-corrected chi connectivity index (χ2v) is 10.8. The lowest BCUT2D eigenvalue weighted by Crippen LogP contribution is -2.45. The number of hydrazine groups is 2. The predicted molar refractivity (Wildman–Crippen MR) is 164 cm³/mol. The summed E-state index contributed by atoms with van der Waals surface area (Å²) in [6, 6.07) is 26.1. The van der Waals surface area contributed by atoms with E-state index in [2.05, 4.69) is 44.8 Å². The number of anilines is 2. The van der Waals surface area contributed by atoms with Crippen LogP contribution in [0.3, 0.4) is 0 Å². The Morgan fingerprint density at radius 2 is 1.79 bits per heavy atom. The van der Waals surface area contributed by atoms with Crippen LogP contribution in [-0.4, -0.2) is 23.9 Å². The van der Waals surface area contributed by atoms with Gasteiger partial charge in [0.2, 0.25) is 0 Å². The number of hydrogen-bond donors (Lipinski definition) is 4. The van der Waals surface area contributed by atoms with Gasteiger partial charge in [-0.25, -0.2) is 4.39 Å². The van der Waals surface area contributed by atoms with Crippen LogP contribution in [0.4, 0.5) is 15.8 Å². The third kappa shape index (κ3) is 5.40. The van der Waals surface area contributed by atoms with Crippen molar-refractivity contribution in [2.75, 3.05) is 10.6 Å². The zero-order chi connectivity index (χ0) is 30.0. The van der Waals surface area contributed by atoms with Gasteiger partial charge in [0.05, 0.1) is 52.0 Å². The van der Waals surface area contributed by atoms with Crippen LogP contribution in [0.5, 0.6) is 0 Å². The van der Waals surface area contributed by atoms with E-state index >= 15 is 0 Å². The molecule has 1 unspecified atom stereocenters. The van der Waals surface area contributed by atoms with E-state index in [9.17, 15) is 20.2 Å². The Kier molecular flexibility index (Phi) is 7.30. The van der Waals surface area contributed by atoms with Crippen molar-refractivity contribution in [3.8, 4) is 18.2 Å². The molecule has 4 N–H and O–H groups in total. The molecule has 4 aromatic rings. The minimum Gasteiger partial charge on any atom is -0.378 e. The molecule has 1 saturated carbocycles. The van der Waals surface area contributed by atoms with Crippen LogP contribution in [0.2, 0.25) is 0 Å². The molecule has 1 aliphatic heterocycles. The molecule has 9 nitrogen and oxygen atoms in total. The monoisotopic (exact) mass is 567 g/mol. The van der Waals surface area contributed by atoms with Gasteiger partial charge >= 0.3 is 0 Å². The molecular formula is C32H27BFN9. The molecular weight excluding hydrogens is 540 g/mol. The van der Waals surface area contributed by atoms with Crippen molar-refractivity contribution in [1.29, 1.82) is 15.8 Å². The fourth-order valence-electron chi connectivity index (χ4n) is 5.40. The van der Waals surface area contributed by atoms with Crippen molar-refractivity contribution in [2.45, 2.75) is 36.8 Å². The highest BCUT2D eigenvalue weighted by Gasteiger charge is 2.38. The average Bonchev–Trinajstić information content (AvgIpc) is 3.76. The van der Waals surface area contributed by atoms with Gasteiger partial charge in [-0.15, -0.1) is 5.53 Å². The molecule has 43 heavy (non-hydrogen) atoms. The van der Waals surface area contributed by atoms with Gasteiger partial charge in [0.15, 0.2) is 0 Å². The summed E-state index contributed by atoms with van der Waals surface area (Å²) >= 11 is 0. The second-order valence-electron chi connectivity index (χ2n) is 10.8. The van der Waals surface area contributed by atoms with E-state index in [0.29, 0.717) is 33.9 Å².